The molecule has 0 saturated carbocycles. The fraction of sp³-hybridized carbons (Fsp3) is 0.0667. The number of halogens is 4. The normalized spacial score (nSPS) is 10.9. The highest BCUT2D eigenvalue weighted by Crippen LogP contribution is 2.25. The second-order valence-electron chi connectivity index (χ2n) is 4.72. The number of rotatable bonds is 3. The van der Waals surface area contributed by atoms with Gasteiger partial charge in [0.25, 0.3) is 5.91 Å². The van der Waals surface area contributed by atoms with Crippen molar-refractivity contribution in [1.82, 2.24) is 5.32 Å². The summed E-state index contributed by atoms with van der Waals surface area (Å²) in [5.74, 6) is -1.92. The lowest BCUT2D eigenvalue weighted by Gasteiger charge is -2.12. The van der Waals surface area contributed by atoms with Crippen LogP contribution in [-0.4, -0.2) is 17.4 Å². The number of carbonyl (C=O) groups excluding carboxylic acids is 1. The second kappa shape index (κ2) is 7.34. The Morgan fingerprint density at radius 3 is 2.52 bits per heavy atom. The van der Waals surface area contributed by atoms with Crippen molar-refractivity contribution in [3.05, 3.63) is 53.8 Å². The number of carbonyl (C=O) groups is 1. The molecule has 0 unspecified atom stereocenters. The van der Waals surface area contributed by atoms with Crippen LogP contribution in [-0.2, 0) is 0 Å². The summed E-state index contributed by atoms with van der Waals surface area (Å²) >= 11 is 4.90. The summed E-state index contributed by atoms with van der Waals surface area (Å²) in [6.07, 6.45) is -4.83. The Kier molecular flexibility index (Phi) is 5.42. The lowest BCUT2D eigenvalue weighted by molar-refractivity contribution is -0.274. The van der Waals surface area contributed by atoms with Crippen molar-refractivity contribution in [2.75, 3.05) is 11.1 Å². The van der Waals surface area contributed by atoms with E-state index < -0.39 is 23.8 Å². The molecule has 0 saturated heterocycles. The Morgan fingerprint density at radius 2 is 1.88 bits per heavy atom. The zero-order valence-corrected chi connectivity index (χ0v) is 13.2. The number of nitrogens with two attached hydrogens (primary N) is 1. The lowest BCUT2D eigenvalue weighted by Crippen LogP contribution is -2.34. The Bertz CT molecular complexity index is 812. The molecular formula is C15H11F4N3O2S. The van der Waals surface area contributed by atoms with Gasteiger partial charge in [-0.05, 0) is 42.5 Å². The average molecular weight is 373 g/mol. The molecular weight excluding hydrogens is 362 g/mol. The molecule has 0 aliphatic rings. The molecule has 0 aliphatic heterocycles. The lowest BCUT2D eigenvalue weighted by atomic mass is 10.2. The van der Waals surface area contributed by atoms with Crippen LogP contribution in [0.4, 0.5) is 28.9 Å². The fourth-order valence-electron chi connectivity index (χ4n) is 1.78. The monoisotopic (exact) mass is 373 g/mol. The summed E-state index contributed by atoms with van der Waals surface area (Å²) in [5, 5.41) is 4.61. The van der Waals surface area contributed by atoms with E-state index in [4.69, 9.17) is 18.0 Å². The molecule has 0 radical (unpaired) electrons. The van der Waals surface area contributed by atoms with E-state index in [0.717, 1.165) is 18.2 Å². The zero-order valence-electron chi connectivity index (χ0n) is 12.4. The smallest absolute Gasteiger partial charge is 0.406 e. The number of thiocarbonyl (C=S) groups is 1. The van der Waals surface area contributed by atoms with Gasteiger partial charge in [0.05, 0.1) is 5.69 Å². The van der Waals surface area contributed by atoms with Gasteiger partial charge in [0, 0.05) is 17.3 Å². The molecule has 4 N–H and O–H groups in total. The first kappa shape index (κ1) is 18.5. The first-order valence-corrected chi connectivity index (χ1v) is 7.08. The summed E-state index contributed by atoms with van der Waals surface area (Å²) in [4.78, 5) is 11.9. The number of hydrogen-bond acceptors (Lipinski definition) is 4. The van der Waals surface area contributed by atoms with E-state index in [1.807, 2.05) is 0 Å². The van der Waals surface area contributed by atoms with Gasteiger partial charge in [-0.2, -0.15) is 0 Å². The average Bonchev–Trinajstić information content (AvgIpc) is 2.48. The second-order valence-corrected chi connectivity index (χ2v) is 5.13. The van der Waals surface area contributed by atoms with Crippen molar-refractivity contribution < 1.29 is 27.1 Å². The van der Waals surface area contributed by atoms with Gasteiger partial charge in [-0.1, -0.05) is 6.07 Å². The Morgan fingerprint density at radius 1 is 1.16 bits per heavy atom. The highest BCUT2D eigenvalue weighted by Gasteiger charge is 2.31. The number of benzene rings is 2. The number of alkyl halides is 3. The molecule has 0 aliphatic carbocycles. The number of hydrogen-bond donors (Lipinski definition) is 3. The number of nitrogens with one attached hydrogen (secondary N) is 2. The van der Waals surface area contributed by atoms with E-state index in [0.29, 0.717) is 0 Å². The van der Waals surface area contributed by atoms with Crippen LogP contribution in [0, 0.1) is 5.82 Å². The van der Waals surface area contributed by atoms with Crippen LogP contribution in [0.25, 0.3) is 0 Å². The number of ether oxygens (including phenoxy) is 1. The molecule has 0 bridgehead atoms. The van der Waals surface area contributed by atoms with E-state index in [1.165, 1.54) is 24.3 Å². The summed E-state index contributed by atoms with van der Waals surface area (Å²) in [5.41, 5.74) is 5.34. The summed E-state index contributed by atoms with van der Waals surface area (Å²) in [6.45, 7) is 0. The minimum atomic E-state index is -4.83. The zero-order chi connectivity index (χ0) is 18.6. The molecule has 10 heteroatoms. The van der Waals surface area contributed by atoms with Crippen molar-refractivity contribution in [2.24, 2.45) is 0 Å². The molecule has 0 heterocycles. The predicted octanol–water partition coefficient (Wildman–Crippen LogP) is 3.43. The van der Waals surface area contributed by atoms with Crippen molar-refractivity contribution in [2.45, 2.75) is 6.36 Å². The van der Waals surface area contributed by atoms with Crippen LogP contribution in [0.15, 0.2) is 42.5 Å². The fourth-order valence-corrected chi connectivity index (χ4v) is 1.99. The van der Waals surface area contributed by atoms with Crippen molar-refractivity contribution in [3.63, 3.8) is 0 Å². The number of nitrogen functional groups attached to an aromatic ring is 1. The van der Waals surface area contributed by atoms with Gasteiger partial charge in [-0.3, -0.25) is 10.1 Å². The van der Waals surface area contributed by atoms with Crippen LogP contribution >= 0.6 is 12.2 Å². The van der Waals surface area contributed by atoms with Gasteiger partial charge in [-0.25, -0.2) is 4.39 Å². The SMILES string of the molecule is Nc1ccc(C(=O)NC(=S)Nc2cccc(OC(F)(F)F)c2)cc1F. The van der Waals surface area contributed by atoms with Crippen molar-refractivity contribution in [3.8, 4) is 5.75 Å². The summed E-state index contributed by atoms with van der Waals surface area (Å²) in [7, 11) is 0. The maximum absolute atomic E-state index is 13.3. The van der Waals surface area contributed by atoms with E-state index in [2.05, 4.69) is 15.4 Å². The standard InChI is InChI=1S/C15H11F4N3O2S/c16-11-6-8(4-5-12(11)20)13(23)22-14(25)21-9-2-1-3-10(7-9)24-15(17,18)19/h1-7H,20H2,(H2,21,22,23,25). The molecule has 25 heavy (non-hydrogen) atoms. The third-order valence-corrected chi connectivity index (χ3v) is 3.02. The molecule has 132 valence electrons. The molecule has 2 rings (SSSR count). The number of amides is 1. The molecule has 2 aromatic carbocycles. The highest BCUT2D eigenvalue weighted by atomic mass is 32.1. The molecule has 5 nitrogen and oxygen atoms in total. The summed E-state index contributed by atoms with van der Waals surface area (Å²) < 4.78 is 53.7. The molecule has 2 aromatic rings. The maximum atomic E-state index is 13.3. The third-order valence-electron chi connectivity index (χ3n) is 2.82. The first-order valence-electron chi connectivity index (χ1n) is 6.67. The highest BCUT2D eigenvalue weighted by molar-refractivity contribution is 7.80. The predicted molar refractivity (Wildman–Crippen MR) is 87.6 cm³/mol. The van der Waals surface area contributed by atoms with Crippen LogP contribution in [0.2, 0.25) is 0 Å². The maximum Gasteiger partial charge on any atom is 0.573 e. The minimum Gasteiger partial charge on any atom is -0.406 e. The topological polar surface area (TPSA) is 76.4 Å². The quantitative estimate of drug-likeness (QED) is 0.437. The molecule has 0 fully saturated rings. The molecule has 0 atom stereocenters. The molecule has 1 amide bonds. The van der Waals surface area contributed by atoms with Gasteiger partial charge in [0.15, 0.2) is 5.11 Å². The van der Waals surface area contributed by atoms with Crippen LogP contribution in [0.1, 0.15) is 10.4 Å². The molecule has 0 spiro atoms. The molecule has 0 aromatic heterocycles. The Hall–Kier alpha value is -2.88. The third kappa shape index (κ3) is 5.60. The largest absolute Gasteiger partial charge is 0.573 e. The Labute approximate surface area is 144 Å². The van der Waals surface area contributed by atoms with Gasteiger partial charge in [0.1, 0.15) is 11.6 Å². The first-order chi connectivity index (χ1) is 11.6. The van der Waals surface area contributed by atoms with Crippen molar-refractivity contribution in [1.29, 1.82) is 0 Å². The van der Waals surface area contributed by atoms with E-state index in [-0.39, 0.29) is 22.1 Å². The van der Waals surface area contributed by atoms with Crippen LogP contribution < -0.4 is 21.1 Å². The van der Waals surface area contributed by atoms with E-state index in [9.17, 15) is 22.4 Å². The van der Waals surface area contributed by atoms with Gasteiger partial charge < -0.3 is 15.8 Å². The summed E-state index contributed by atoms with van der Waals surface area (Å²) in [6, 6.07) is 8.35. The van der Waals surface area contributed by atoms with Crippen LogP contribution in [0.5, 0.6) is 5.75 Å². The minimum absolute atomic E-state index is 0.0231. The van der Waals surface area contributed by atoms with Gasteiger partial charge >= 0.3 is 6.36 Å². The number of anilines is 2. The van der Waals surface area contributed by atoms with E-state index in [1.54, 1.807) is 0 Å². The van der Waals surface area contributed by atoms with Crippen molar-refractivity contribution >= 4 is 34.6 Å². The van der Waals surface area contributed by atoms with Gasteiger partial charge in [0.2, 0.25) is 0 Å². The van der Waals surface area contributed by atoms with Gasteiger partial charge in [-0.15, -0.1) is 13.2 Å². The Balaban J connectivity index is 2.01. The van der Waals surface area contributed by atoms with E-state index >= 15 is 0 Å². The van der Waals surface area contributed by atoms with Crippen LogP contribution in [0.3, 0.4) is 0 Å².